The molecule has 0 aliphatic carbocycles. The molecule has 0 aromatic carbocycles. The van der Waals surface area contributed by atoms with E-state index >= 15 is 0 Å². The van der Waals surface area contributed by atoms with Crippen molar-refractivity contribution in [2.45, 2.75) is 46.1 Å². The summed E-state index contributed by atoms with van der Waals surface area (Å²) in [6.07, 6.45) is 5.11. The molecule has 90 valence electrons. The van der Waals surface area contributed by atoms with Gasteiger partial charge in [-0.1, -0.05) is 5.21 Å². The van der Waals surface area contributed by atoms with Crippen LogP contribution in [0, 0.1) is 0 Å². The molecule has 0 atom stereocenters. The molecule has 5 nitrogen and oxygen atoms in total. The topological polar surface area (TPSA) is 57.0 Å². The number of rotatable bonds is 7. The van der Waals surface area contributed by atoms with Crippen molar-refractivity contribution in [2.24, 2.45) is 0 Å². The molecule has 0 fully saturated rings. The Morgan fingerprint density at radius 1 is 1.44 bits per heavy atom. The summed E-state index contributed by atoms with van der Waals surface area (Å²) in [4.78, 5) is 11.1. The first-order chi connectivity index (χ1) is 7.76. The first kappa shape index (κ1) is 12.7. The van der Waals surface area contributed by atoms with Gasteiger partial charge in [-0.15, -0.1) is 5.10 Å². The van der Waals surface area contributed by atoms with E-state index in [1.165, 1.54) is 0 Å². The third-order valence-electron chi connectivity index (χ3n) is 2.28. The van der Waals surface area contributed by atoms with Crippen LogP contribution in [0.3, 0.4) is 0 Å². The van der Waals surface area contributed by atoms with Crippen LogP contribution in [-0.4, -0.2) is 27.6 Å². The van der Waals surface area contributed by atoms with Gasteiger partial charge >= 0.3 is 5.97 Å². The van der Waals surface area contributed by atoms with Gasteiger partial charge in [0.05, 0.1) is 12.3 Å². The van der Waals surface area contributed by atoms with E-state index in [4.69, 9.17) is 4.74 Å². The fraction of sp³-hybridized carbons (Fsp3) is 0.727. The fourth-order valence-electron chi connectivity index (χ4n) is 1.42. The number of nitrogens with zero attached hydrogens (tertiary/aromatic N) is 3. The summed E-state index contributed by atoms with van der Waals surface area (Å²) >= 11 is 0. The molecule has 0 spiro atoms. The molecule has 1 aromatic heterocycles. The standard InChI is InChI=1S/C11H19N3O2/c1-3-14-9-10(12-13-14)7-5-6-8-11(15)16-4-2/h9H,3-8H2,1-2H3. The Kier molecular flexibility index (Phi) is 5.53. The molecule has 1 aromatic rings. The molecule has 5 heteroatoms. The van der Waals surface area contributed by atoms with Crippen LogP contribution in [0.1, 0.15) is 38.8 Å². The molecule has 0 aliphatic heterocycles. The molecule has 16 heavy (non-hydrogen) atoms. The molecular formula is C11H19N3O2. The van der Waals surface area contributed by atoms with Crippen molar-refractivity contribution < 1.29 is 9.53 Å². The highest BCUT2D eigenvalue weighted by atomic mass is 16.5. The van der Waals surface area contributed by atoms with Crippen molar-refractivity contribution in [3.8, 4) is 0 Å². The van der Waals surface area contributed by atoms with Crippen LogP contribution < -0.4 is 0 Å². The van der Waals surface area contributed by atoms with E-state index in [0.717, 1.165) is 31.5 Å². The minimum atomic E-state index is -0.111. The lowest BCUT2D eigenvalue weighted by molar-refractivity contribution is -0.143. The Labute approximate surface area is 95.8 Å². The summed E-state index contributed by atoms with van der Waals surface area (Å²) in [5.74, 6) is -0.111. The van der Waals surface area contributed by atoms with Crippen LogP contribution in [0.4, 0.5) is 0 Å². The number of unbranched alkanes of at least 4 members (excludes halogenated alkanes) is 1. The zero-order valence-electron chi connectivity index (χ0n) is 9.98. The van der Waals surface area contributed by atoms with Crippen molar-refractivity contribution in [3.63, 3.8) is 0 Å². The van der Waals surface area contributed by atoms with Gasteiger partial charge in [-0.3, -0.25) is 9.48 Å². The first-order valence-electron chi connectivity index (χ1n) is 5.80. The van der Waals surface area contributed by atoms with Crippen LogP contribution >= 0.6 is 0 Å². The van der Waals surface area contributed by atoms with Crippen molar-refractivity contribution >= 4 is 5.97 Å². The van der Waals surface area contributed by atoms with E-state index in [1.807, 2.05) is 20.0 Å². The predicted molar refractivity (Wildman–Crippen MR) is 59.9 cm³/mol. The number of carbonyl (C=O) groups is 1. The number of carbonyl (C=O) groups excluding carboxylic acids is 1. The van der Waals surface area contributed by atoms with Crippen LogP contribution in [0.15, 0.2) is 6.20 Å². The van der Waals surface area contributed by atoms with Crippen LogP contribution in [0.25, 0.3) is 0 Å². The minimum Gasteiger partial charge on any atom is -0.466 e. The number of hydrogen-bond donors (Lipinski definition) is 0. The molecule has 0 saturated carbocycles. The normalized spacial score (nSPS) is 10.4. The van der Waals surface area contributed by atoms with Gasteiger partial charge in [0.1, 0.15) is 0 Å². The average Bonchev–Trinajstić information content (AvgIpc) is 2.73. The minimum absolute atomic E-state index is 0.111. The molecule has 1 rings (SSSR count). The molecule has 0 amide bonds. The van der Waals surface area contributed by atoms with Crippen LogP contribution in [0.2, 0.25) is 0 Å². The maximum atomic E-state index is 11.1. The summed E-state index contributed by atoms with van der Waals surface area (Å²) in [6, 6.07) is 0. The summed E-state index contributed by atoms with van der Waals surface area (Å²) in [5.41, 5.74) is 0.991. The van der Waals surface area contributed by atoms with Crippen molar-refractivity contribution in [2.75, 3.05) is 6.61 Å². The van der Waals surface area contributed by atoms with Gasteiger partial charge in [0, 0.05) is 19.2 Å². The molecule has 1 heterocycles. The van der Waals surface area contributed by atoms with Gasteiger partial charge in [-0.25, -0.2) is 0 Å². The van der Waals surface area contributed by atoms with Crippen molar-refractivity contribution in [1.82, 2.24) is 15.0 Å². The van der Waals surface area contributed by atoms with E-state index in [2.05, 4.69) is 10.3 Å². The van der Waals surface area contributed by atoms with Crippen LogP contribution in [-0.2, 0) is 22.5 Å². The molecule has 0 N–H and O–H groups in total. The van der Waals surface area contributed by atoms with Gasteiger partial charge in [-0.05, 0) is 33.1 Å². The Bertz CT molecular complexity index is 323. The monoisotopic (exact) mass is 225 g/mol. The third-order valence-corrected chi connectivity index (χ3v) is 2.28. The second-order valence-electron chi connectivity index (χ2n) is 3.58. The number of aromatic nitrogens is 3. The van der Waals surface area contributed by atoms with E-state index < -0.39 is 0 Å². The third kappa shape index (κ3) is 4.42. The largest absolute Gasteiger partial charge is 0.466 e. The van der Waals surface area contributed by atoms with Gasteiger partial charge in [0.25, 0.3) is 0 Å². The smallest absolute Gasteiger partial charge is 0.305 e. The Hall–Kier alpha value is -1.39. The van der Waals surface area contributed by atoms with E-state index in [0.29, 0.717) is 13.0 Å². The summed E-state index contributed by atoms with van der Waals surface area (Å²) in [7, 11) is 0. The Balaban J connectivity index is 2.13. The van der Waals surface area contributed by atoms with Gasteiger partial charge < -0.3 is 4.74 Å². The fourth-order valence-corrected chi connectivity index (χ4v) is 1.42. The second-order valence-corrected chi connectivity index (χ2v) is 3.58. The molecule has 0 aliphatic rings. The summed E-state index contributed by atoms with van der Waals surface area (Å²) in [6.45, 7) is 5.15. The number of aryl methyl sites for hydroxylation is 2. The lowest BCUT2D eigenvalue weighted by Gasteiger charge is -2.00. The van der Waals surface area contributed by atoms with Gasteiger partial charge in [0.15, 0.2) is 0 Å². The van der Waals surface area contributed by atoms with Gasteiger partial charge in [0.2, 0.25) is 0 Å². The average molecular weight is 225 g/mol. The zero-order valence-corrected chi connectivity index (χ0v) is 9.98. The van der Waals surface area contributed by atoms with Crippen molar-refractivity contribution in [1.29, 1.82) is 0 Å². The number of hydrogen-bond acceptors (Lipinski definition) is 4. The number of esters is 1. The lowest BCUT2D eigenvalue weighted by atomic mass is 10.1. The molecular weight excluding hydrogens is 206 g/mol. The predicted octanol–water partition coefficient (Wildman–Crippen LogP) is 1.57. The van der Waals surface area contributed by atoms with E-state index in [1.54, 1.807) is 4.68 Å². The molecule has 0 saturated heterocycles. The van der Waals surface area contributed by atoms with Crippen LogP contribution in [0.5, 0.6) is 0 Å². The first-order valence-corrected chi connectivity index (χ1v) is 5.80. The van der Waals surface area contributed by atoms with Crippen molar-refractivity contribution in [3.05, 3.63) is 11.9 Å². The SMILES string of the molecule is CCOC(=O)CCCCc1cn(CC)nn1. The molecule has 0 bridgehead atoms. The van der Waals surface area contributed by atoms with E-state index in [9.17, 15) is 4.79 Å². The zero-order chi connectivity index (χ0) is 11.8. The quantitative estimate of drug-likeness (QED) is 0.522. The summed E-state index contributed by atoms with van der Waals surface area (Å²) in [5, 5.41) is 7.99. The highest BCUT2D eigenvalue weighted by Gasteiger charge is 2.03. The van der Waals surface area contributed by atoms with E-state index in [-0.39, 0.29) is 5.97 Å². The highest BCUT2D eigenvalue weighted by Crippen LogP contribution is 2.04. The maximum absolute atomic E-state index is 11.1. The van der Waals surface area contributed by atoms with Gasteiger partial charge in [-0.2, -0.15) is 0 Å². The maximum Gasteiger partial charge on any atom is 0.305 e. The Morgan fingerprint density at radius 2 is 2.25 bits per heavy atom. The number of ether oxygens (including phenoxy) is 1. The highest BCUT2D eigenvalue weighted by molar-refractivity contribution is 5.69. The molecule has 0 radical (unpaired) electrons. The Morgan fingerprint density at radius 3 is 2.88 bits per heavy atom. The lowest BCUT2D eigenvalue weighted by Crippen LogP contribution is -2.03. The second kappa shape index (κ2) is 6.98. The summed E-state index contributed by atoms with van der Waals surface area (Å²) < 4.78 is 6.65. The molecule has 0 unspecified atom stereocenters.